The summed E-state index contributed by atoms with van der Waals surface area (Å²) in [5.74, 6) is 1.54. The van der Waals surface area contributed by atoms with Crippen LogP contribution in [0.15, 0.2) is 91.4 Å². The summed E-state index contributed by atoms with van der Waals surface area (Å²) in [6.07, 6.45) is 15.4. The molecule has 0 saturated carbocycles. The Morgan fingerprint density at radius 3 is 1.59 bits per heavy atom. The fourth-order valence-corrected chi connectivity index (χ4v) is 7.73. The highest BCUT2D eigenvalue weighted by atomic mass is 35.5. The van der Waals surface area contributed by atoms with Crippen molar-refractivity contribution in [3.63, 3.8) is 0 Å². The van der Waals surface area contributed by atoms with Crippen molar-refractivity contribution in [2.45, 2.75) is 84.2 Å². The summed E-state index contributed by atoms with van der Waals surface area (Å²) in [4.78, 5) is 24.7. The number of alkyl carbamates (subject to hydrolysis) is 1. The average molecular weight is 976 g/mol. The number of ether oxygens (including phenoxy) is 4. The van der Waals surface area contributed by atoms with E-state index < -0.39 is 15.6 Å². The van der Waals surface area contributed by atoms with E-state index in [4.69, 9.17) is 30.5 Å². The second kappa shape index (κ2) is 29.3. The van der Waals surface area contributed by atoms with Crippen molar-refractivity contribution in [2.24, 2.45) is 0 Å². The third-order valence-corrected chi connectivity index (χ3v) is 11.3. The Morgan fingerprint density at radius 2 is 1.09 bits per heavy atom. The maximum atomic E-state index is 11.5. The molecule has 0 unspecified atom stereocenters. The second-order valence-electron chi connectivity index (χ2n) is 17.0. The Morgan fingerprint density at radius 1 is 0.603 bits per heavy atom. The zero-order valence-electron chi connectivity index (χ0n) is 40.8. The molecule has 3 aromatic carbocycles. The molecular weight excluding hydrogens is 904 g/mol. The first-order valence-electron chi connectivity index (χ1n) is 23.2. The van der Waals surface area contributed by atoms with Gasteiger partial charge in [-0.05, 0) is 121 Å². The van der Waals surface area contributed by atoms with Gasteiger partial charge in [0.1, 0.15) is 28.1 Å². The Bertz CT molecular complexity index is 2560. The average Bonchev–Trinajstić information content (AvgIpc) is 3.31. The van der Waals surface area contributed by atoms with Gasteiger partial charge in [-0.1, -0.05) is 42.3 Å². The molecule has 5 N–H and O–H groups in total. The van der Waals surface area contributed by atoms with Gasteiger partial charge in [0.15, 0.2) is 0 Å². The molecule has 0 bridgehead atoms. The standard InChI is InChI=1S/C20H29N3O3.C16H23N3O3S.C15H19ClN2O/c1-20(2,3)26-19(24)23-13-7-5-6-12-21-16-11-14-22-18-15(16)9-8-10-17(18)25-4;1-22-15-8-6-7-13-14(9-12-18-16(13)15)17-10-4-3-5-11-19-23(2,20)21;1-19-10-4-2-3-8-17-14-7-9-18-15-11-12(16)5-6-13(14)15/h8-11,14H,5-7,12-13H2,1-4H3,(H,21,22)(H,23,24);6-9,12,19H,3-5,10-11H2,1-2H3,(H,17,18);5-7,9,11H,2-4,8,10H2,1H3,(H,17,18). The van der Waals surface area contributed by atoms with Crippen LogP contribution in [0.4, 0.5) is 21.9 Å². The summed E-state index contributed by atoms with van der Waals surface area (Å²) in [5.41, 5.74) is 5.39. The van der Waals surface area contributed by atoms with Crippen molar-refractivity contribution in [1.29, 1.82) is 0 Å². The number of methoxy groups -OCH3 is 3. The molecule has 6 aromatic rings. The summed E-state index contributed by atoms with van der Waals surface area (Å²) in [7, 11) is 1.96. The van der Waals surface area contributed by atoms with Gasteiger partial charge in [0.05, 0.1) is 26.0 Å². The number of nitrogens with zero attached hydrogens (tertiary/aromatic N) is 3. The van der Waals surface area contributed by atoms with Gasteiger partial charge in [0, 0.05) is 103 Å². The van der Waals surface area contributed by atoms with E-state index in [9.17, 15) is 13.2 Å². The molecule has 0 radical (unpaired) electrons. The Labute approximate surface area is 407 Å². The molecule has 0 atom stereocenters. The molecule has 6 rings (SSSR count). The van der Waals surface area contributed by atoms with Crippen LogP contribution in [0.25, 0.3) is 32.7 Å². The molecule has 0 aliphatic rings. The number of benzene rings is 3. The number of halogens is 1. The van der Waals surface area contributed by atoms with E-state index in [2.05, 4.69) is 40.9 Å². The lowest BCUT2D eigenvalue weighted by atomic mass is 10.1. The number of hydrogen-bond donors (Lipinski definition) is 5. The molecule has 17 heteroatoms. The van der Waals surface area contributed by atoms with E-state index in [-0.39, 0.29) is 6.09 Å². The van der Waals surface area contributed by atoms with Crippen LogP contribution < -0.4 is 35.5 Å². The van der Waals surface area contributed by atoms with Gasteiger partial charge in [-0.2, -0.15) is 0 Å². The van der Waals surface area contributed by atoms with Crippen molar-refractivity contribution in [1.82, 2.24) is 25.0 Å². The van der Waals surface area contributed by atoms with Gasteiger partial charge < -0.3 is 40.2 Å². The van der Waals surface area contributed by atoms with Crippen molar-refractivity contribution in [2.75, 3.05) is 82.9 Å². The van der Waals surface area contributed by atoms with Gasteiger partial charge in [0.25, 0.3) is 0 Å². The molecule has 3 aromatic heterocycles. The lowest BCUT2D eigenvalue weighted by Crippen LogP contribution is -2.33. The summed E-state index contributed by atoms with van der Waals surface area (Å²) < 4.78 is 45.3. The summed E-state index contributed by atoms with van der Waals surface area (Å²) in [5, 5.41) is 17.0. The number of para-hydroxylation sites is 2. The minimum absolute atomic E-state index is 0.354. The molecule has 0 saturated heterocycles. The third-order valence-electron chi connectivity index (χ3n) is 10.3. The number of carbonyl (C=O) groups is 1. The van der Waals surface area contributed by atoms with E-state index in [1.54, 1.807) is 33.7 Å². The molecule has 68 heavy (non-hydrogen) atoms. The SMILES string of the molecule is COCCCCCNc1ccnc2cc(Cl)ccc12.COc1cccc2c(NCCCCCNC(=O)OC(C)(C)C)ccnc12.COc1cccc2c(NCCCCCNS(C)(=O)=O)ccnc12. The van der Waals surface area contributed by atoms with Gasteiger partial charge in [0.2, 0.25) is 10.0 Å². The van der Waals surface area contributed by atoms with Gasteiger partial charge in [-0.25, -0.2) is 17.9 Å². The topological polar surface area (TPSA) is 187 Å². The number of aromatic nitrogens is 3. The van der Waals surface area contributed by atoms with Gasteiger partial charge in [-0.15, -0.1) is 0 Å². The Kier molecular flexibility index (Phi) is 23.6. The maximum absolute atomic E-state index is 11.5. The smallest absolute Gasteiger partial charge is 0.407 e. The monoisotopic (exact) mass is 974 g/mol. The zero-order chi connectivity index (χ0) is 49.2. The number of amides is 1. The van der Waals surface area contributed by atoms with E-state index in [0.29, 0.717) is 13.1 Å². The number of unbranched alkanes of at least 4 members (excludes halogenated alkanes) is 6. The number of nitrogens with one attached hydrogen (secondary N) is 5. The highest BCUT2D eigenvalue weighted by molar-refractivity contribution is 7.88. The first kappa shape index (κ1) is 54.9. The number of fused-ring (bicyclic) bond motifs is 3. The number of carbonyl (C=O) groups excluding carboxylic acids is 1. The molecule has 15 nitrogen and oxygen atoms in total. The van der Waals surface area contributed by atoms with Crippen molar-refractivity contribution in [3.8, 4) is 11.5 Å². The first-order chi connectivity index (χ1) is 32.7. The van der Waals surface area contributed by atoms with Crippen LogP contribution in [-0.2, 0) is 19.5 Å². The zero-order valence-corrected chi connectivity index (χ0v) is 42.3. The third kappa shape index (κ3) is 19.9. The van der Waals surface area contributed by atoms with E-state index >= 15 is 0 Å². The molecule has 1 amide bonds. The molecular formula is C51H71ClN8O7S. The first-order valence-corrected chi connectivity index (χ1v) is 25.5. The summed E-state index contributed by atoms with van der Waals surface area (Å²) >= 11 is 5.97. The van der Waals surface area contributed by atoms with Gasteiger partial charge >= 0.3 is 6.09 Å². The van der Waals surface area contributed by atoms with Crippen LogP contribution in [0, 0.1) is 0 Å². The molecule has 370 valence electrons. The fraction of sp³-hybridized carbons (Fsp3) is 0.451. The van der Waals surface area contributed by atoms with Crippen LogP contribution in [0.1, 0.15) is 78.6 Å². The quantitative estimate of drug-likeness (QED) is 0.0361. The van der Waals surface area contributed by atoms with Crippen molar-refractivity contribution in [3.05, 3.63) is 96.4 Å². The predicted molar refractivity (Wildman–Crippen MR) is 279 cm³/mol. The summed E-state index contributed by atoms with van der Waals surface area (Å²) in [6, 6.07) is 23.5. The summed E-state index contributed by atoms with van der Waals surface area (Å²) in [6.45, 7) is 10.2. The highest BCUT2D eigenvalue weighted by Gasteiger charge is 2.15. The largest absolute Gasteiger partial charge is 0.494 e. The lowest BCUT2D eigenvalue weighted by molar-refractivity contribution is 0.0527. The van der Waals surface area contributed by atoms with E-state index in [1.807, 2.05) is 99.8 Å². The normalized spacial score (nSPS) is 11.2. The number of anilines is 3. The minimum Gasteiger partial charge on any atom is -0.494 e. The maximum Gasteiger partial charge on any atom is 0.407 e. The molecule has 0 aliphatic heterocycles. The Balaban J connectivity index is 0.000000225. The van der Waals surface area contributed by atoms with Crippen LogP contribution >= 0.6 is 11.6 Å². The minimum atomic E-state index is -3.08. The molecule has 3 heterocycles. The van der Waals surface area contributed by atoms with E-state index in [1.165, 1.54) is 12.7 Å². The van der Waals surface area contributed by atoms with Crippen LogP contribution in [0.5, 0.6) is 11.5 Å². The molecule has 0 aliphatic carbocycles. The Hall–Kier alpha value is -5.68. The van der Waals surface area contributed by atoms with Crippen molar-refractivity contribution < 1.29 is 32.2 Å². The second-order valence-corrected chi connectivity index (χ2v) is 19.3. The van der Waals surface area contributed by atoms with Crippen LogP contribution in [-0.4, -0.2) is 102 Å². The lowest BCUT2D eigenvalue weighted by Gasteiger charge is -2.19. The van der Waals surface area contributed by atoms with Crippen LogP contribution in [0.2, 0.25) is 5.02 Å². The van der Waals surface area contributed by atoms with Crippen molar-refractivity contribution >= 4 is 77.5 Å². The predicted octanol–water partition coefficient (Wildman–Crippen LogP) is 10.8. The number of pyridine rings is 3. The van der Waals surface area contributed by atoms with Crippen LogP contribution in [0.3, 0.4) is 0 Å². The fourth-order valence-electron chi connectivity index (χ4n) is 7.04. The number of rotatable bonds is 24. The number of sulfonamides is 1. The highest BCUT2D eigenvalue weighted by Crippen LogP contribution is 2.30. The van der Waals surface area contributed by atoms with E-state index in [0.717, 1.165) is 144 Å². The van der Waals surface area contributed by atoms with Gasteiger partial charge in [-0.3, -0.25) is 15.0 Å². The number of hydrogen-bond acceptors (Lipinski definition) is 13. The molecule has 0 fully saturated rings. The molecule has 0 spiro atoms.